The molecule has 0 saturated heterocycles. The van der Waals surface area contributed by atoms with Crippen LogP contribution in [0.4, 0.5) is 15.8 Å². The summed E-state index contributed by atoms with van der Waals surface area (Å²) in [5.74, 6) is 0.412. The molecule has 3 nitrogen and oxygen atoms in total. The number of hydrogen-bond donors (Lipinski definition) is 1. The molecular formula is C24H21FN2O. The van der Waals surface area contributed by atoms with E-state index in [-0.39, 0.29) is 18.0 Å². The number of hydrogen-bond acceptors (Lipinski definition) is 3. The molecule has 0 fully saturated rings. The molecule has 0 bridgehead atoms. The summed E-state index contributed by atoms with van der Waals surface area (Å²) in [6.07, 6.45) is 0.171. The molecule has 0 aromatic heterocycles. The van der Waals surface area contributed by atoms with Gasteiger partial charge in [-0.25, -0.2) is 4.39 Å². The maximum absolute atomic E-state index is 13.4. The van der Waals surface area contributed by atoms with Crippen molar-refractivity contribution in [1.82, 2.24) is 0 Å². The zero-order chi connectivity index (χ0) is 19.7. The van der Waals surface area contributed by atoms with E-state index in [1.165, 1.54) is 23.3 Å². The van der Waals surface area contributed by atoms with Gasteiger partial charge in [0, 0.05) is 18.5 Å². The molecule has 1 heterocycles. The van der Waals surface area contributed by atoms with Crippen molar-refractivity contribution in [3.63, 3.8) is 0 Å². The third-order valence-electron chi connectivity index (χ3n) is 5.06. The van der Waals surface area contributed by atoms with Crippen molar-refractivity contribution in [1.29, 1.82) is 0 Å². The number of nitrogens with one attached hydrogen (secondary N) is 1. The van der Waals surface area contributed by atoms with E-state index in [2.05, 4.69) is 35.9 Å². The normalized spacial score (nSPS) is 12.6. The molecular weight excluding hydrogens is 351 g/mol. The number of carbonyl (C=O) groups is 1. The van der Waals surface area contributed by atoms with E-state index in [1.54, 1.807) is 12.1 Å². The van der Waals surface area contributed by atoms with E-state index in [0.717, 1.165) is 17.2 Å². The fourth-order valence-corrected chi connectivity index (χ4v) is 3.49. The van der Waals surface area contributed by atoms with E-state index in [0.29, 0.717) is 17.7 Å². The number of halogens is 1. The lowest BCUT2D eigenvalue weighted by molar-refractivity contribution is 0.0993. The minimum atomic E-state index is -0.330. The molecule has 3 aromatic rings. The summed E-state index contributed by atoms with van der Waals surface area (Å²) >= 11 is 0. The number of aryl methyl sites for hydroxylation is 1. The molecule has 0 unspecified atom stereocenters. The highest BCUT2D eigenvalue weighted by Gasteiger charge is 2.24. The Bertz CT molecular complexity index is 1070. The zero-order valence-electron chi connectivity index (χ0n) is 15.7. The first-order valence-corrected chi connectivity index (χ1v) is 9.21. The van der Waals surface area contributed by atoms with Gasteiger partial charge in [0.1, 0.15) is 11.6 Å². The highest BCUT2D eigenvalue weighted by atomic mass is 19.1. The molecule has 0 saturated carbocycles. The lowest BCUT2D eigenvalue weighted by Gasteiger charge is -2.20. The summed E-state index contributed by atoms with van der Waals surface area (Å²) in [5, 5.41) is 3.27. The van der Waals surface area contributed by atoms with Gasteiger partial charge in [-0.05, 0) is 53.9 Å². The molecule has 1 aliphatic rings. The van der Waals surface area contributed by atoms with Crippen LogP contribution in [0.2, 0.25) is 0 Å². The van der Waals surface area contributed by atoms with Crippen LogP contribution in [-0.4, -0.2) is 5.78 Å². The third kappa shape index (κ3) is 3.54. The molecule has 1 aliphatic heterocycles. The van der Waals surface area contributed by atoms with Crippen LogP contribution in [0.1, 0.15) is 27.0 Å². The van der Waals surface area contributed by atoms with Crippen molar-refractivity contribution in [3.8, 4) is 0 Å². The largest absolute Gasteiger partial charge is 0.340 e. The fourth-order valence-electron chi connectivity index (χ4n) is 3.49. The summed E-state index contributed by atoms with van der Waals surface area (Å²) in [6.45, 7) is 6.92. The number of rotatable bonds is 5. The lowest BCUT2D eigenvalue weighted by atomic mass is 10.0. The molecule has 0 spiro atoms. The summed E-state index contributed by atoms with van der Waals surface area (Å²) in [4.78, 5) is 14.7. The van der Waals surface area contributed by atoms with E-state index in [4.69, 9.17) is 0 Å². The molecule has 0 radical (unpaired) electrons. The van der Waals surface area contributed by atoms with Gasteiger partial charge in [0.2, 0.25) is 0 Å². The molecule has 140 valence electrons. The molecule has 4 rings (SSSR count). The topological polar surface area (TPSA) is 32.3 Å². The number of anilines is 2. The number of carbonyl (C=O) groups excluding carboxylic acids is 1. The number of Topliss-reactive ketones (excluding diaryl/α,β-unsaturated/α-hetero) is 1. The van der Waals surface area contributed by atoms with Crippen molar-refractivity contribution >= 4 is 17.2 Å². The van der Waals surface area contributed by atoms with Gasteiger partial charge in [0.05, 0.1) is 11.4 Å². The molecule has 1 N–H and O–H groups in total. The van der Waals surface area contributed by atoms with Crippen LogP contribution in [0, 0.1) is 12.7 Å². The second-order valence-corrected chi connectivity index (χ2v) is 7.05. The van der Waals surface area contributed by atoms with Crippen LogP contribution in [0.5, 0.6) is 0 Å². The van der Waals surface area contributed by atoms with Crippen molar-refractivity contribution in [3.05, 3.63) is 107 Å². The first kappa shape index (κ1) is 18.0. The Morgan fingerprint density at radius 1 is 1.07 bits per heavy atom. The van der Waals surface area contributed by atoms with Crippen LogP contribution in [-0.2, 0) is 13.0 Å². The Morgan fingerprint density at radius 2 is 1.89 bits per heavy atom. The highest BCUT2D eigenvalue weighted by molar-refractivity contribution is 6.00. The van der Waals surface area contributed by atoms with Gasteiger partial charge in [-0.15, -0.1) is 0 Å². The van der Waals surface area contributed by atoms with E-state index in [1.807, 2.05) is 30.3 Å². The molecule has 28 heavy (non-hydrogen) atoms. The van der Waals surface area contributed by atoms with Crippen LogP contribution in [0.3, 0.4) is 0 Å². The summed E-state index contributed by atoms with van der Waals surface area (Å²) in [5.41, 5.74) is 5.58. The number of fused-ring (bicyclic) bond motifs is 1. The Kier molecular flexibility index (Phi) is 4.70. The number of nitrogens with zero attached hydrogens (tertiary/aromatic N) is 1. The standard InChI is InChI=1S/C24H21FN2O/c1-16-6-3-4-8-20(16)15-27-17(2)26-22-14-19(10-11-23(22)27)24(28)13-18-7-5-9-21(25)12-18/h3-12,14,26H,2,13,15H2,1H3. The van der Waals surface area contributed by atoms with Gasteiger partial charge >= 0.3 is 0 Å². The second-order valence-electron chi connectivity index (χ2n) is 7.05. The minimum Gasteiger partial charge on any atom is -0.340 e. The maximum atomic E-state index is 13.4. The number of benzene rings is 3. The first-order valence-electron chi connectivity index (χ1n) is 9.21. The van der Waals surface area contributed by atoms with Crippen molar-refractivity contribution < 1.29 is 9.18 Å². The predicted octanol–water partition coefficient (Wildman–Crippen LogP) is 5.46. The van der Waals surface area contributed by atoms with Gasteiger partial charge in [0.15, 0.2) is 5.78 Å². The minimum absolute atomic E-state index is 0.0434. The molecule has 0 aliphatic carbocycles. The summed E-state index contributed by atoms with van der Waals surface area (Å²) in [6, 6.07) is 20.0. The second kappa shape index (κ2) is 7.31. The van der Waals surface area contributed by atoms with Crippen molar-refractivity contribution in [2.45, 2.75) is 19.9 Å². The van der Waals surface area contributed by atoms with Gasteiger partial charge in [-0.1, -0.05) is 43.0 Å². The molecule has 0 atom stereocenters. The van der Waals surface area contributed by atoms with Gasteiger partial charge < -0.3 is 10.2 Å². The van der Waals surface area contributed by atoms with Gasteiger partial charge in [-0.2, -0.15) is 0 Å². The van der Waals surface area contributed by atoms with Crippen LogP contribution in [0.25, 0.3) is 0 Å². The van der Waals surface area contributed by atoms with Gasteiger partial charge in [0.25, 0.3) is 0 Å². The Hall–Kier alpha value is -3.40. The van der Waals surface area contributed by atoms with E-state index < -0.39 is 0 Å². The van der Waals surface area contributed by atoms with Crippen molar-refractivity contribution in [2.75, 3.05) is 10.2 Å². The van der Waals surface area contributed by atoms with Crippen molar-refractivity contribution in [2.24, 2.45) is 0 Å². The van der Waals surface area contributed by atoms with Crippen LogP contribution in [0.15, 0.2) is 79.1 Å². The fraction of sp³-hybridized carbons (Fsp3) is 0.125. The maximum Gasteiger partial charge on any atom is 0.167 e. The Morgan fingerprint density at radius 3 is 2.68 bits per heavy atom. The SMILES string of the molecule is C=C1Nc2cc(C(=O)Cc3cccc(F)c3)ccc2N1Cc1ccccc1C. The summed E-state index contributed by atoms with van der Waals surface area (Å²) in [7, 11) is 0. The average Bonchev–Trinajstić information content (AvgIpc) is 2.98. The highest BCUT2D eigenvalue weighted by Crippen LogP contribution is 2.38. The predicted molar refractivity (Wildman–Crippen MR) is 111 cm³/mol. The molecule has 3 aromatic carbocycles. The average molecular weight is 372 g/mol. The number of ketones is 1. The Labute approximate surface area is 164 Å². The third-order valence-corrected chi connectivity index (χ3v) is 5.06. The quantitative estimate of drug-likeness (QED) is 0.603. The van der Waals surface area contributed by atoms with E-state index in [9.17, 15) is 9.18 Å². The van der Waals surface area contributed by atoms with Gasteiger partial charge in [-0.3, -0.25) is 4.79 Å². The zero-order valence-corrected chi connectivity index (χ0v) is 15.7. The smallest absolute Gasteiger partial charge is 0.167 e. The molecule has 0 amide bonds. The first-order chi connectivity index (χ1) is 13.5. The molecule has 4 heteroatoms. The Balaban J connectivity index is 1.56. The van der Waals surface area contributed by atoms with Crippen LogP contribution < -0.4 is 10.2 Å². The van der Waals surface area contributed by atoms with Crippen LogP contribution >= 0.6 is 0 Å². The summed E-state index contributed by atoms with van der Waals surface area (Å²) < 4.78 is 13.4. The monoisotopic (exact) mass is 372 g/mol. The van der Waals surface area contributed by atoms with E-state index >= 15 is 0 Å². The lowest BCUT2D eigenvalue weighted by Crippen LogP contribution is -2.19.